The standard InChI is InChI=1S/C13H27N3O2/c1-8-4-6-11(7-5-8)9(2)13(14,15)10(3)12(17)18-16/h8-11H,4-7,14-16H2,1-3H3. The van der Waals surface area contributed by atoms with E-state index >= 15 is 0 Å². The molecule has 0 aromatic carbocycles. The molecular formula is C13H27N3O2. The Balaban J connectivity index is 2.68. The molecule has 2 unspecified atom stereocenters. The topological polar surface area (TPSA) is 104 Å². The zero-order chi connectivity index (χ0) is 13.9. The molecule has 5 heteroatoms. The Morgan fingerprint density at radius 2 is 1.72 bits per heavy atom. The maximum atomic E-state index is 11.5. The van der Waals surface area contributed by atoms with Crippen LogP contribution in [-0.4, -0.2) is 11.6 Å². The predicted octanol–water partition coefficient (Wildman–Crippen LogP) is 1.12. The third-order valence-corrected chi connectivity index (χ3v) is 4.78. The van der Waals surface area contributed by atoms with E-state index in [1.54, 1.807) is 6.92 Å². The highest BCUT2D eigenvalue weighted by Gasteiger charge is 2.42. The maximum Gasteiger partial charge on any atom is 0.330 e. The minimum absolute atomic E-state index is 0.0686. The molecule has 1 aliphatic carbocycles. The van der Waals surface area contributed by atoms with E-state index in [-0.39, 0.29) is 5.92 Å². The van der Waals surface area contributed by atoms with Crippen molar-refractivity contribution in [3.63, 3.8) is 0 Å². The van der Waals surface area contributed by atoms with Gasteiger partial charge in [-0.2, -0.15) is 5.90 Å². The van der Waals surface area contributed by atoms with Crippen molar-refractivity contribution in [2.75, 3.05) is 0 Å². The molecule has 0 aliphatic heterocycles. The van der Waals surface area contributed by atoms with Gasteiger partial charge < -0.3 is 16.3 Å². The van der Waals surface area contributed by atoms with Crippen LogP contribution in [0, 0.1) is 23.7 Å². The van der Waals surface area contributed by atoms with Gasteiger partial charge in [-0.3, -0.25) is 0 Å². The average molecular weight is 257 g/mol. The number of hydrogen-bond donors (Lipinski definition) is 3. The molecule has 1 fully saturated rings. The second-order valence-electron chi connectivity index (χ2n) is 5.97. The van der Waals surface area contributed by atoms with Crippen LogP contribution in [-0.2, 0) is 9.63 Å². The Morgan fingerprint density at radius 1 is 1.22 bits per heavy atom. The van der Waals surface area contributed by atoms with Gasteiger partial charge >= 0.3 is 5.97 Å². The summed E-state index contributed by atoms with van der Waals surface area (Å²) in [5.74, 6) is 5.09. The molecule has 5 nitrogen and oxygen atoms in total. The zero-order valence-electron chi connectivity index (χ0n) is 11.7. The highest BCUT2D eigenvalue weighted by atomic mass is 16.7. The number of rotatable bonds is 4. The first kappa shape index (κ1) is 15.4. The molecule has 6 N–H and O–H groups in total. The summed E-state index contributed by atoms with van der Waals surface area (Å²) < 4.78 is 0. The summed E-state index contributed by atoms with van der Waals surface area (Å²) >= 11 is 0. The first-order valence-corrected chi connectivity index (χ1v) is 6.79. The van der Waals surface area contributed by atoms with Crippen LogP contribution in [0.15, 0.2) is 0 Å². The van der Waals surface area contributed by atoms with Crippen molar-refractivity contribution in [1.29, 1.82) is 0 Å². The van der Waals surface area contributed by atoms with Crippen molar-refractivity contribution in [3.8, 4) is 0 Å². The van der Waals surface area contributed by atoms with Gasteiger partial charge in [-0.05, 0) is 37.5 Å². The monoisotopic (exact) mass is 257 g/mol. The van der Waals surface area contributed by atoms with Crippen LogP contribution in [0.3, 0.4) is 0 Å². The van der Waals surface area contributed by atoms with Crippen LogP contribution in [0.25, 0.3) is 0 Å². The lowest BCUT2D eigenvalue weighted by Gasteiger charge is -2.41. The molecule has 1 rings (SSSR count). The quantitative estimate of drug-likeness (QED) is 0.517. The van der Waals surface area contributed by atoms with Crippen molar-refractivity contribution < 1.29 is 9.63 Å². The molecule has 0 saturated heterocycles. The van der Waals surface area contributed by atoms with Crippen molar-refractivity contribution in [2.24, 2.45) is 41.0 Å². The van der Waals surface area contributed by atoms with E-state index in [0.29, 0.717) is 5.92 Å². The van der Waals surface area contributed by atoms with Crippen LogP contribution in [0.1, 0.15) is 46.5 Å². The van der Waals surface area contributed by atoms with Crippen molar-refractivity contribution in [2.45, 2.75) is 52.1 Å². The molecule has 0 heterocycles. The molecule has 18 heavy (non-hydrogen) atoms. The minimum Gasteiger partial charge on any atom is -0.373 e. The largest absolute Gasteiger partial charge is 0.373 e. The molecule has 0 bridgehead atoms. The van der Waals surface area contributed by atoms with Gasteiger partial charge in [-0.1, -0.05) is 26.7 Å². The molecule has 1 aliphatic rings. The van der Waals surface area contributed by atoms with Crippen molar-refractivity contribution in [1.82, 2.24) is 0 Å². The number of carbonyl (C=O) groups is 1. The molecule has 0 aromatic rings. The summed E-state index contributed by atoms with van der Waals surface area (Å²) in [7, 11) is 0. The van der Waals surface area contributed by atoms with Crippen molar-refractivity contribution in [3.05, 3.63) is 0 Å². The fourth-order valence-corrected chi connectivity index (χ4v) is 2.89. The molecule has 106 valence electrons. The average Bonchev–Trinajstić information content (AvgIpc) is 2.36. The van der Waals surface area contributed by atoms with Gasteiger partial charge in [0.1, 0.15) is 0 Å². The van der Waals surface area contributed by atoms with E-state index < -0.39 is 17.6 Å². The molecule has 0 spiro atoms. The fourth-order valence-electron chi connectivity index (χ4n) is 2.89. The fraction of sp³-hybridized carbons (Fsp3) is 0.923. The minimum atomic E-state index is -1.07. The van der Waals surface area contributed by atoms with Crippen LogP contribution >= 0.6 is 0 Å². The summed E-state index contributed by atoms with van der Waals surface area (Å²) in [5.41, 5.74) is 11.3. The highest BCUT2D eigenvalue weighted by Crippen LogP contribution is 2.37. The first-order valence-electron chi connectivity index (χ1n) is 6.79. The van der Waals surface area contributed by atoms with Gasteiger partial charge in [0.2, 0.25) is 0 Å². The van der Waals surface area contributed by atoms with Gasteiger partial charge in [0.15, 0.2) is 0 Å². The lowest BCUT2D eigenvalue weighted by molar-refractivity contribution is -0.152. The number of carbonyl (C=O) groups excluding carboxylic acids is 1. The lowest BCUT2D eigenvalue weighted by atomic mass is 9.70. The maximum absolute atomic E-state index is 11.5. The Hall–Kier alpha value is -0.650. The van der Waals surface area contributed by atoms with Crippen LogP contribution < -0.4 is 17.4 Å². The van der Waals surface area contributed by atoms with E-state index in [0.717, 1.165) is 18.8 Å². The summed E-state index contributed by atoms with van der Waals surface area (Å²) in [6.45, 7) is 5.98. The summed E-state index contributed by atoms with van der Waals surface area (Å²) in [6, 6.07) is 0. The van der Waals surface area contributed by atoms with Gasteiger partial charge in [0.25, 0.3) is 0 Å². The Bertz CT molecular complexity index is 286. The van der Waals surface area contributed by atoms with E-state index in [2.05, 4.69) is 11.8 Å². The van der Waals surface area contributed by atoms with E-state index in [1.165, 1.54) is 12.8 Å². The normalized spacial score (nSPS) is 28.6. The predicted molar refractivity (Wildman–Crippen MR) is 70.8 cm³/mol. The Labute approximate surface area is 109 Å². The molecular weight excluding hydrogens is 230 g/mol. The van der Waals surface area contributed by atoms with Crippen LogP contribution in [0.4, 0.5) is 0 Å². The second-order valence-corrected chi connectivity index (χ2v) is 5.97. The smallest absolute Gasteiger partial charge is 0.330 e. The Morgan fingerprint density at radius 3 is 2.17 bits per heavy atom. The molecule has 0 aromatic heterocycles. The van der Waals surface area contributed by atoms with Crippen LogP contribution in [0.5, 0.6) is 0 Å². The molecule has 1 saturated carbocycles. The van der Waals surface area contributed by atoms with Crippen LogP contribution in [0.2, 0.25) is 0 Å². The van der Waals surface area contributed by atoms with Gasteiger partial charge in [-0.15, -0.1) is 0 Å². The lowest BCUT2D eigenvalue weighted by Crippen LogP contribution is -2.63. The molecule has 0 radical (unpaired) electrons. The van der Waals surface area contributed by atoms with Gasteiger partial charge in [-0.25, -0.2) is 4.79 Å². The SMILES string of the molecule is CC1CCC(C(C)C(N)(N)C(C)C(=O)ON)CC1. The summed E-state index contributed by atoms with van der Waals surface area (Å²) in [5, 5.41) is 0. The molecule has 0 amide bonds. The van der Waals surface area contributed by atoms with Gasteiger partial charge in [0.05, 0.1) is 11.6 Å². The Kier molecular flexibility index (Phi) is 5.13. The second kappa shape index (κ2) is 5.99. The molecule has 2 atom stereocenters. The van der Waals surface area contributed by atoms with E-state index in [9.17, 15) is 4.79 Å². The van der Waals surface area contributed by atoms with E-state index in [1.807, 2.05) is 6.92 Å². The first-order chi connectivity index (χ1) is 8.30. The zero-order valence-corrected chi connectivity index (χ0v) is 11.7. The highest BCUT2D eigenvalue weighted by molar-refractivity contribution is 5.73. The number of hydrogen-bond acceptors (Lipinski definition) is 5. The van der Waals surface area contributed by atoms with Crippen molar-refractivity contribution >= 4 is 5.97 Å². The summed E-state index contributed by atoms with van der Waals surface area (Å²) in [4.78, 5) is 15.7. The van der Waals surface area contributed by atoms with Gasteiger partial charge in [0, 0.05) is 0 Å². The summed E-state index contributed by atoms with van der Waals surface area (Å²) in [6.07, 6.45) is 4.67. The third-order valence-electron chi connectivity index (χ3n) is 4.78. The third kappa shape index (κ3) is 3.22. The number of nitrogens with two attached hydrogens (primary N) is 3. The van der Waals surface area contributed by atoms with E-state index in [4.69, 9.17) is 17.4 Å².